The topological polar surface area (TPSA) is 71.4 Å². The Morgan fingerprint density at radius 1 is 1.57 bits per heavy atom. The van der Waals surface area contributed by atoms with Crippen molar-refractivity contribution in [3.05, 3.63) is 29.3 Å². The summed E-state index contributed by atoms with van der Waals surface area (Å²) in [6.45, 7) is 4.07. The Bertz CT molecular complexity index is 531. The highest BCUT2D eigenvalue weighted by Crippen LogP contribution is 2.18. The molecule has 0 aliphatic carbocycles. The molecular weight excluding hydrogens is 268 g/mol. The minimum absolute atomic E-state index is 0.0257. The monoisotopic (exact) mass is 288 g/mol. The highest BCUT2D eigenvalue weighted by atomic mass is 16.5. The van der Waals surface area contributed by atoms with Crippen LogP contribution in [0.25, 0.3) is 0 Å². The fourth-order valence-corrected chi connectivity index (χ4v) is 2.32. The number of nitriles is 1. The smallest absolute Gasteiger partial charge is 0.161 e. The van der Waals surface area contributed by atoms with Crippen LogP contribution in [0.4, 0.5) is 5.69 Å². The van der Waals surface area contributed by atoms with Crippen LogP contribution in [0.1, 0.15) is 35.7 Å². The summed E-state index contributed by atoms with van der Waals surface area (Å²) < 4.78 is 11.0. The van der Waals surface area contributed by atoms with Gasteiger partial charge in [0.1, 0.15) is 0 Å². The minimum Gasteiger partial charge on any atom is -0.382 e. The summed E-state index contributed by atoms with van der Waals surface area (Å²) in [4.78, 5) is 11.6. The van der Waals surface area contributed by atoms with Gasteiger partial charge >= 0.3 is 0 Å². The Balaban J connectivity index is 1.81. The van der Waals surface area contributed by atoms with Crippen LogP contribution in [-0.4, -0.2) is 38.3 Å². The Morgan fingerprint density at radius 2 is 2.43 bits per heavy atom. The molecule has 1 saturated heterocycles. The van der Waals surface area contributed by atoms with E-state index in [1.807, 2.05) is 0 Å². The van der Waals surface area contributed by atoms with Gasteiger partial charge in [0.2, 0.25) is 0 Å². The molecule has 1 heterocycles. The molecule has 0 radical (unpaired) electrons. The van der Waals surface area contributed by atoms with Crippen LogP contribution >= 0.6 is 0 Å². The molecule has 1 aromatic carbocycles. The molecule has 0 amide bonds. The highest BCUT2D eigenvalue weighted by Gasteiger charge is 2.15. The molecule has 2 rings (SSSR count). The number of carbonyl (C=O) groups is 1. The van der Waals surface area contributed by atoms with Crippen LogP contribution in [0, 0.1) is 11.3 Å². The molecular formula is C16H20N2O3. The number of hydrogen-bond acceptors (Lipinski definition) is 5. The van der Waals surface area contributed by atoms with Crippen LogP contribution in [0.5, 0.6) is 0 Å². The third-order valence-electron chi connectivity index (χ3n) is 3.42. The van der Waals surface area contributed by atoms with E-state index in [-0.39, 0.29) is 11.9 Å². The highest BCUT2D eigenvalue weighted by molar-refractivity contribution is 5.99. The zero-order valence-corrected chi connectivity index (χ0v) is 12.2. The van der Waals surface area contributed by atoms with Crippen molar-refractivity contribution in [2.75, 3.05) is 31.7 Å². The number of ketones is 1. The molecule has 1 atom stereocenters. The van der Waals surface area contributed by atoms with E-state index >= 15 is 0 Å². The van der Waals surface area contributed by atoms with Crippen molar-refractivity contribution >= 4 is 11.5 Å². The Labute approximate surface area is 124 Å². The van der Waals surface area contributed by atoms with Crippen LogP contribution < -0.4 is 5.32 Å². The molecule has 5 heteroatoms. The summed E-state index contributed by atoms with van der Waals surface area (Å²) in [6, 6.07) is 7.09. The molecule has 21 heavy (non-hydrogen) atoms. The number of hydrogen-bond donors (Lipinski definition) is 1. The van der Waals surface area contributed by atoms with Crippen molar-refractivity contribution in [2.24, 2.45) is 0 Å². The largest absolute Gasteiger partial charge is 0.382 e. The lowest BCUT2D eigenvalue weighted by atomic mass is 10.1. The second-order valence-electron chi connectivity index (χ2n) is 5.07. The summed E-state index contributed by atoms with van der Waals surface area (Å²) >= 11 is 0. The molecule has 0 aromatic heterocycles. The lowest BCUT2D eigenvalue weighted by Gasteiger charge is -2.13. The molecule has 112 valence electrons. The third-order valence-corrected chi connectivity index (χ3v) is 3.42. The molecule has 5 nitrogen and oxygen atoms in total. The molecule has 1 unspecified atom stereocenters. The van der Waals surface area contributed by atoms with E-state index in [0.717, 1.165) is 19.4 Å². The lowest BCUT2D eigenvalue weighted by molar-refractivity contribution is 0.0206. The maximum absolute atomic E-state index is 11.6. The zero-order valence-electron chi connectivity index (χ0n) is 12.2. The summed E-state index contributed by atoms with van der Waals surface area (Å²) in [6.07, 6.45) is 2.39. The first kappa shape index (κ1) is 15.5. The van der Waals surface area contributed by atoms with E-state index < -0.39 is 0 Å². The van der Waals surface area contributed by atoms with E-state index in [4.69, 9.17) is 14.7 Å². The van der Waals surface area contributed by atoms with E-state index in [1.54, 1.807) is 18.2 Å². The van der Waals surface area contributed by atoms with Gasteiger partial charge in [0.25, 0.3) is 0 Å². The van der Waals surface area contributed by atoms with Gasteiger partial charge in [0.15, 0.2) is 5.78 Å². The number of Topliss-reactive ketones (excluding diaryl/α,β-unsaturated/α-hetero) is 1. The number of nitrogens with zero attached hydrogens (tertiary/aromatic N) is 1. The summed E-state index contributed by atoms with van der Waals surface area (Å²) in [5.41, 5.74) is 1.80. The van der Waals surface area contributed by atoms with Gasteiger partial charge in [-0.3, -0.25) is 4.79 Å². The van der Waals surface area contributed by atoms with Crippen LogP contribution in [0.2, 0.25) is 0 Å². The third kappa shape index (κ3) is 4.55. The van der Waals surface area contributed by atoms with Crippen molar-refractivity contribution in [2.45, 2.75) is 25.9 Å². The van der Waals surface area contributed by atoms with Gasteiger partial charge < -0.3 is 14.8 Å². The van der Waals surface area contributed by atoms with Crippen molar-refractivity contribution in [1.82, 2.24) is 0 Å². The predicted octanol–water partition coefficient (Wildman–Crippen LogP) is 2.37. The number of benzene rings is 1. The molecule has 1 aromatic rings. The molecule has 1 fully saturated rings. The lowest BCUT2D eigenvalue weighted by Crippen LogP contribution is -2.18. The van der Waals surface area contributed by atoms with Gasteiger partial charge in [-0.2, -0.15) is 5.26 Å². The standard InChI is InChI=1S/C16H20N2O3/c1-12(19)15-5-4-13(10-17)9-16(15)18-6-8-20-11-14-3-2-7-21-14/h4-5,9,14,18H,2-3,6-8,11H2,1H3. The van der Waals surface area contributed by atoms with Crippen molar-refractivity contribution in [1.29, 1.82) is 5.26 Å². The van der Waals surface area contributed by atoms with Gasteiger partial charge in [0, 0.05) is 24.4 Å². The maximum atomic E-state index is 11.6. The maximum Gasteiger partial charge on any atom is 0.161 e. The second-order valence-corrected chi connectivity index (χ2v) is 5.07. The van der Waals surface area contributed by atoms with Gasteiger partial charge in [-0.05, 0) is 38.0 Å². The van der Waals surface area contributed by atoms with Crippen molar-refractivity contribution in [3.8, 4) is 6.07 Å². The van der Waals surface area contributed by atoms with E-state index in [2.05, 4.69) is 11.4 Å². The quantitative estimate of drug-likeness (QED) is 0.616. The number of ether oxygens (including phenoxy) is 2. The van der Waals surface area contributed by atoms with E-state index in [9.17, 15) is 4.79 Å². The van der Waals surface area contributed by atoms with Gasteiger partial charge in [-0.25, -0.2) is 0 Å². The van der Waals surface area contributed by atoms with Crippen LogP contribution in [0.15, 0.2) is 18.2 Å². The molecule has 1 N–H and O–H groups in total. The first-order chi connectivity index (χ1) is 10.2. The first-order valence-corrected chi connectivity index (χ1v) is 7.19. The number of nitrogens with one attached hydrogen (secondary N) is 1. The molecule has 0 saturated carbocycles. The normalized spacial score (nSPS) is 17.4. The SMILES string of the molecule is CC(=O)c1ccc(C#N)cc1NCCOCC1CCCO1. The summed E-state index contributed by atoms with van der Waals surface area (Å²) in [7, 11) is 0. The van der Waals surface area contributed by atoms with Crippen molar-refractivity contribution < 1.29 is 14.3 Å². The fraction of sp³-hybridized carbons (Fsp3) is 0.500. The Kier molecular flexibility index (Phi) is 5.73. The van der Waals surface area contributed by atoms with Crippen LogP contribution in [-0.2, 0) is 9.47 Å². The number of anilines is 1. The molecule has 0 spiro atoms. The van der Waals surface area contributed by atoms with E-state index in [0.29, 0.717) is 36.6 Å². The van der Waals surface area contributed by atoms with Gasteiger partial charge in [-0.15, -0.1) is 0 Å². The zero-order chi connectivity index (χ0) is 15.1. The Morgan fingerprint density at radius 3 is 3.10 bits per heavy atom. The first-order valence-electron chi connectivity index (χ1n) is 7.19. The number of rotatable bonds is 7. The second kappa shape index (κ2) is 7.77. The van der Waals surface area contributed by atoms with Crippen molar-refractivity contribution in [3.63, 3.8) is 0 Å². The fourth-order valence-electron chi connectivity index (χ4n) is 2.32. The van der Waals surface area contributed by atoms with E-state index in [1.165, 1.54) is 6.92 Å². The summed E-state index contributed by atoms with van der Waals surface area (Å²) in [5.74, 6) is -0.0257. The van der Waals surface area contributed by atoms with Gasteiger partial charge in [-0.1, -0.05) is 0 Å². The molecule has 0 bridgehead atoms. The van der Waals surface area contributed by atoms with Crippen LogP contribution in [0.3, 0.4) is 0 Å². The summed E-state index contributed by atoms with van der Waals surface area (Å²) in [5, 5.41) is 12.1. The van der Waals surface area contributed by atoms with Gasteiger partial charge in [0.05, 0.1) is 31.0 Å². The molecule has 1 aliphatic rings. The molecule has 1 aliphatic heterocycles. The average Bonchev–Trinajstić information content (AvgIpc) is 2.99. The number of carbonyl (C=O) groups excluding carboxylic acids is 1. The average molecular weight is 288 g/mol. The Hall–Kier alpha value is -1.90. The predicted molar refractivity (Wildman–Crippen MR) is 79.4 cm³/mol. The minimum atomic E-state index is -0.0257.